The highest BCUT2D eigenvalue weighted by Crippen LogP contribution is 2.13. The Morgan fingerprint density at radius 1 is 1.20 bits per heavy atom. The second kappa shape index (κ2) is 5.42. The third kappa shape index (κ3) is 3.42. The van der Waals surface area contributed by atoms with Crippen molar-refractivity contribution in [2.24, 2.45) is 0 Å². The van der Waals surface area contributed by atoms with Crippen LogP contribution >= 0.6 is 0 Å². The van der Waals surface area contributed by atoms with Crippen LogP contribution in [0.1, 0.15) is 15.9 Å². The van der Waals surface area contributed by atoms with Crippen LogP contribution in [-0.2, 0) is 9.84 Å². The molecule has 1 aromatic carbocycles. The summed E-state index contributed by atoms with van der Waals surface area (Å²) in [6.45, 7) is 1.89. The summed E-state index contributed by atoms with van der Waals surface area (Å²) in [4.78, 5) is 16.2. The number of carbonyl (C=O) groups is 1. The van der Waals surface area contributed by atoms with Gasteiger partial charge >= 0.3 is 0 Å². The molecule has 104 valence electrons. The molecule has 0 atom stereocenters. The van der Waals surface area contributed by atoms with E-state index in [2.05, 4.69) is 10.3 Å². The van der Waals surface area contributed by atoms with Gasteiger partial charge in [-0.25, -0.2) is 13.4 Å². The van der Waals surface area contributed by atoms with Crippen molar-refractivity contribution in [1.82, 2.24) is 4.98 Å². The van der Waals surface area contributed by atoms with E-state index in [1.54, 1.807) is 18.3 Å². The lowest BCUT2D eigenvalue weighted by molar-refractivity contribution is 0.102. The molecule has 0 spiro atoms. The van der Waals surface area contributed by atoms with Crippen molar-refractivity contribution in [3.8, 4) is 0 Å². The molecule has 1 amide bonds. The first-order valence-corrected chi connectivity index (χ1v) is 7.79. The van der Waals surface area contributed by atoms with Crippen LogP contribution in [0.25, 0.3) is 0 Å². The molecule has 6 heteroatoms. The number of anilines is 1. The Bertz CT molecular complexity index is 755. The number of aryl methyl sites for hydroxylation is 1. The van der Waals surface area contributed by atoms with Gasteiger partial charge in [0.1, 0.15) is 5.82 Å². The fraction of sp³-hybridized carbons (Fsp3) is 0.143. The normalized spacial score (nSPS) is 11.1. The van der Waals surface area contributed by atoms with E-state index in [0.717, 1.165) is 11.8 Å². The van der Waals surface area contributed by atoms with Crippen molar-refractivity contribution in [1.29, 1.82) is 0 Å². The minimum absolute atomic E-state index is 0.113. The number of pyridine rings is 1. The van der Waals surface area contributed by atoms with E-state index in [1.807, 2.05) is 13.0 Å². The van der Waals surface area contributed by atoms with Crippen molar-refractivity contribution in [2.75, 3.05) is 11.6 Å². The van der Waals surface area contributed by atoms with Gasteiger partial charge in [0, 0.05) is 18.0 Å². The van der Waals surface area contributed by atoms with Crippen molar-refractivity contribution in [3.63, 3.8) is 0 Å². The summed E-state index contributed by atoms with van der Waals surface area (Å²) in [5.41, 5.74) is 1.25. The van der Waals surface area contributed by atoms with Crippen LogP contribution < -0.4 is 5.32 Å². The monoisotopic (exact) mass is 290 g/mol. The van der Waals surface area contributed by atoms with E-state index < -0.39 is 15.7 Å². The number of carbonyl (C=O) groups excluding carboxylic acids is 1. The number of sulfone groups is 1. The van der Waals surface area contributed by atoms with Crippen LogP contribution in [0.5, 0.6) is 0 Å². The predicted molar refractivity (Wildman–Crippen MR) is 76.5 cm³/mol. The number of benzene rings is 1. The Morgan fingerprint density at radius 3 is 2.60 bits per heavy atom. The number of nitrogens with zero attached hydrogens (tertiary/aromatic N) is 1. The van der Waals surface area contributed by atoms with Gasteiger partial charge < -0.3 is 5.32 Å². The van der Waals surface area contributed by atoms with Crippen molar-refractivity contribution < 1.29 is 13.2 Å². The minimum atomic E-state index is -3.33. The molecule has 1 N–H and O–H groups in total. The molecule has 0 unspecified atom stereocenters. The van der Waals surface area contributed by atoms with E-state index in [-0.39, 0.29) is 10.5 Å². The molecule has 2 aromatic rings. The molecule has 0 aliphatic carbocycles. The molecule has 0 aliphatic heterocycles. The second-order valence-electron chi connectivity index (χ2n) is 4.47. The lowest BCUT2D eigenvalue weighted by Crippen LogP contribution is -2.13. The molecule has 1 heterocycles. The largest absolute Gasteiger partial charge is 0.307 e. The Hall–Kier alpha value is -2.21. The summed E-state index contributed by atoms with van der Waals surface area (Å²) in [5, 5.41) is 2.63. The van der Waals surface area contributed by atoms with Gasteiger partial charge in [0.15, 0.2) is 9.84 Å². The third-order valence-electron chi connectivity index (χ3n) is 2.68. The summed E-state index contributed by atoms with van der Waals surface area (Å²) in [6, 6.07) is 9.45. The van der Waals surface area contributed by atoms with Gasteiger partial charge in [-0.05, 0) is 42.8 Å². The highest BCUT2D eigenvalue weighted by Gasteiger charge is 2.12. The van der Waals surface area contributed by atoms with Gasteiger partial charge in [-0.3, -0.25) is 4.79 Å². The Kier molecular flexibility index (Phi) is 3.85. The standard InChI is InChI=1S/C14H14N2O3S/c1-10-6-7-15-13(8-10)16-14(17)11-4-3-5-12(9-11)20(2,18)19/h3-9H,1-2H3,(H,15,16,17). The average molecular weight is 290 g/mol. The molecule has 0 saturated heterocycles. The Labute approximate surface area is 117 Å². The molecule has 20 heavy (non-hydrogen) atoms. The van der Waals surface area contributed by atoms with Gasteiger partial charge in [0.2, 0.25) is 0 Å². The zero-order valence-corrected chi connectivity index (χ0v) is 11.9. The third-order valence-corrected chi connectivity index (χ3v) is 3.79. The van der Waals surface area contributed by atoms with Crippen molar-refractivity contribution >= 4 is 21.6 Å². The first-order valence-electron chi connectivity index (χ1n) is 5.90. The molecule has 0 aliphatic rings. The number of rotatable bonds is 3. The maximum Gasteiger partial charge on any atom is 0.256 e. The maximum atomic E-state index is 12.1. The predicted octanol–water partition coefficient (Wildman–Crippen LogP) is 2.05. The topological polar surface area (TPSA) is 76.1 Å². The van der Waals surface area contributed by atoms with E-state index in [0.29, 0.717) is 5.82 Å². The summed E-state index contributed by atoms with van der Waals surface area (Å²) < 4.78 is 22.9. The van der Waals surface area contributed by atoms with Crippen molar-refractivity contribution in [3.05, 3.63) is 53.7 Å². The smallest absolute Gasteiger partial charge is 0.256 e. The summed E-state index contributed by atoms with van der Waals surface area (Å²) in [5.74, 6) is 0.0355. The lowest BCUT2D eigenvalue weighted by Gasteiger charge is -2.06. The SMILES string of the molecule is Cc1ccnc(NC(=O)c2cccc(S(C)(=O)=O)c2)c1. The quantitative estimate of drug-likeness (QED) is 0.938. The summed E-state index contributed by atoms with van der Waals surface area (Å²) in [7, 11) is -3.33. The maximum absolute atomic E-state index is 12.1. The highest BCUT2D eigenvalue weighted by atomic mass is 32.2. The highest BCUT2D eigenvalue weighted by molar-refractivity contribution is 7.90. The summed E-state index contributed by atoms with van der Waals surface area (Å²) in [6.07, 6.45) is 2.70. The van der Waals surface area contributed by atoms with Gasteiger partial charge in [0.25, 0.3) is 5.91 Å². The molecule has 2 rings (SSSR count). The first kappa shape index (κ1) is 14.2. The zero-order valence-electron chi connectivity index (χ0n) is 11.1. The minimum Gasteiger partial charge on any atom is -0.307 e. The van der Waals surface area contributed by atoms with E-state index in [1.165, 1.54) is 18.2 Å². The average Bonchev–Trinajstić information content (AvgIpc) is 2.38. The zero-order chi connectivity index (χ0) is 14.8. The molecule has 0 saturated carbocycles. The van der Waals surface area contributed by atoms with Gasteiger partial charge in [0.05, 0.1) is 4.90 Å². The number of nitrogens with one attached hydrogen (secondary N) is 1. The van der Waals surface area contributed by atoms with Crippen molar-refractivity contribution in [2.45, 2.75) is 11.8 Å². The van der Waals surface area contributed by atoms with Gasteiger partial charge in [-0.1, -0.05) is 6.07 Å². The Morgan fingerprint density at radius 2 is 1.95 bits per heavy atom. The molecule has 5 nitrogen and oxygen atoms in total. The summed E-state index contributed by atoms with van der Waals surface area (Å²) >= 11 is 0. The van der Waals surface area contributed by atoms with Crippen LogP contribution in [-0.4, -0.2) is 25.6 Å². The van der Waals surface area contributed by atoms with E-state index >= 15 is 0 Å². The van der Waals surface area contributed by atoms with Crippen LogP contribution in [0, 0.1) is 6.92 Å². The second-order valence-corrected chi connectivity index (χ2v) is 6.49. The lowest BCUT2D eigenvalue weighted by atomic mass is 10.2. The van der Waals surface area contributed by atoms with E-state index in [4.69, 9.17) is 0 Å². The van der Waals surface area contributed by atoms with Crippen LogP contribution in [0.15, 0.2) is 47.5 Å². The number of hydrogen-bond acceptors (Lipinski definition) is 4. The fourth-order valence-electron chi connectivity index (χ4n) is 1.66. The molecule has 0 radical (unpaired) electrons. The molecular weight excluding hydrogens is 276 g/mol. The number of aromatic nitrogens is 1. The fourth-order valence-corrected chi connectivity index (χ4v) is 2.33. The molecule has 1 aromatic heterocycles. The van der Waals surface area contributed by atoms with Crippen LogP contribution in [0.2, 0.25) is 0 Å². The van der Waals surface area contributed by atoms with Crippen LogP contribution in [0.4, 0.5) is 5.82 Å². The molecule has 0 bridgehead atoms. The van der Waals surface area contributed by atoms with E-state index in [9.17, 15) is 13.2 Å². The first-order chi connectivity index (χ1) is 9.36. The number of hydrogen-bond donors (Lipinski definition) is 1. The molecule has 0 fully saturated rings. The van der Waals surface area contributed by atoms with Gasteiger partial charge in [-0.2, -0.15) is 0 Å². The number of amides is 1. The Balaban J connectivity index is 2.26. The van der Waals surface area contributed by atoms with Crippen LogP contribution in [0.3, 0.4) is 0 Å². The van der Waals surface area contributed by atoms with Gasteiger partial charge in [-0.15, -0.1) is 0 Å². The molecular formula is C14H14N2O3S.